The number of benzene rings is 2. The third-order valence-electron chi connectivity index (χ3n) is 3.66. The van der Waals surface area contributed by atoms with E-state index >= 15 is 0 Å². The summed E-state index contributed by atoms with van der Waals surface area (Å²) in [5.74, 6) is -0.216. The monoisotopic (exact) mass is 390 g/mol. The Morgan fingerprint density at radius 3 is 2.77 bits per heavy atom. The highest BCUT2D eigenvalue weighted by Gasteiger charge is 2.18. The second-order valence-electron chi connectivity index (χ2n) is 5.52. The van der Waals surface area contributed by atoms with Crippen molar-refractivity contribution < 1.29 is 9.18 Å². The normalized spacial score (nSPS) is 12.0. The standard InChI is InChI=1S/C18H16ClFN4OS/c1-11(17(25)21-10-12-6-2-4-8-14(12)19)26-18-22-16(23-24-18)13-7-3-5-9-15(13)20/h2-9,11H,10H2,1H3,(H,21,25)(H,22,23,24). The summed E-state index contributed by atoms with van der Waals surface area (Å²) in [6, 6.07) is 13.6. The number of amides is 1. The number of H-pyrrole nitrogens is 1. The van der Waals surface area contributed by atoms with Gasteiger partial charge in [-0.05, 0) is 30.7 Å². The highest BCUT2D eigenvalue weighted by molar-refractivity contribution is 8.00. The van der Waals surface area contributed by atoms with Crippen molar-refractivity contribution in [1.29, 1.82) is 0 Å². The van der Waals surface area contributed by atoms with Gasteiger partial charge in [0.1, 0.15) is 5.82 Å². The van der Waals surface area contributed by atoms with Gasteiger partial charge in [0.15, 0.2) is 5.82 Å². The van der Waals surface area contributed by atoms with Crippen LogP contribution in [-0.4, -0.2) is 26.3 Å². The molecule has 0 aliphatic rings. The molecular formula is C18H16ClFN4OS. The molecule has 2 aromatic carbocycles. The van der Waals surface area contributed by atoms with Gasteiger partial charge in [0, 0.05) is 11.6 Å². The minimum Gasteiger partial charge on any atom is -0.351 e. The van der Waals surface area contributed by atoms with E-state index in [1.54, 1.807) is 31.2 Å². The molecule has 0 saturated carbocycles. The molecule has 0 aliphatic carbocycles. The lowest BCUT2D eigenvalue weighted by Gasteiger charge is -2.11. The first kappa shape index (κ1) is 18.4. The maximum absolute atomic E-state index is 13.8. The molecule has 1 amide bonds. The van der Waals surface area contributed by atoms with Gasteiger partial charge in [-0.1, -0.05) is 53.7 Å². The number of nitrogens with one attached hydrogen (secondary N) is 2. The first-order valence-corrected chi connectivity index (χ1v) is 9.15. The fourth-order valence-electron chi connectivity index (χ4n) is 2.25. The largest absolute Gasteiger partial charge is 0.351 e. The summed E-state index contributed by atoms with van der Waals surface area (Å²) in [6.07, 6.45) is 0. The van der Waals surface area contributed by atoms with Crippen LogP contribution in [0.5, 0.6) is 0 Å². The van der Waals surface area contributed by atoms with E-state index in [2.05, 4.69) is 20.5 Å². The zero-order valence-electron chi connectivity index (χ0n) is 13.9. The molecule has 134 valence electrons. The van der Waals surface area contributed by atoms with Gasteiger partial charge in [-0.2, -0.15) is 0 Å². The fourth-order valence-corrected chi connectivity index (χ4v) is 3.20. The number of aromatic amines is 1. The molecule has 26 heavy (non-hydrogen) atoms. The lowest BCUT2D eigenvalue weighted by atomic mass is 10.2. The SMILES string of the molecule is CC(Sc1n[nH]c(-c2ccccc2F)n1)C(=O)NCc1ccccc1Cl. The van der Waals surface area contributed by atoms with Crippen molar-refractivity contribution in [3.63, 3.8) is 0 Å². The molecule has 2 N–H and O–H groups in total. The molecule has 0 spiro atoms. The van der Waals surface area contributed by atoms with Gasteiger partial charge < -0.3 is 5.32 Å². The Kier molecular flexibility index (Phi) is 5.90. The molecule has 3 aromatic rings. The number of halogens is 2. The van der Waals surface area contributed by atoms with E-state index in [1.165, 1.54) is 17.8 Å². The van der Waals surface area contributed by atoms with Crippen LogP contribution >= 0.6 is 23.4 Å². The van der Waals surface area contributed by atoms with Crippen LogP contribution in [-0.2, 0) is 11.3 Å². The molecule has 0 radical (unpaired) electrons. The Hall–Kier alpha value is -2.38. The van der Waals surface area contributed by atoms with E-state index in [0.29, 0.717) is 28.1 Å². The number of nitrogens with zero attached hydrogens (tertiary/aromatic N) is 2. The van der Waals surface area contributed by atoms with Crippen LogP contribution in [0.15, 0.2) is 53.7 Å². The molecule has 0 saturated heterocycles. The summed E-state index contributed by atoms with van der Waals surface area (Å²) in [5, 5.41) is 10.2. The molecule has 1 aromatic heterocycles. The van der Waals surface area contributed by atoms with Crippen LogP contribution < -0.4 is 5.32 Å². The molecule has 1 unspecified atom stereocenters. The molecule has 0 fully saturated rings. The van der Waals surface area contributed by atoms with Crippen molar-refractivity contribution in [3.05, 3.63) is 64.9 Å². The summed E-state index contributed by atoms with van der Waals surface area (Å²) in [4.78, 5) is 16.5. The van der Waals surface area contributed by atoms with E-state index in [1.807, 2.05) is 18.2 Å². The molecule has 1 atom stereocenters. The average molecular weight is 391 g/mol. The van der Waals surface area contributed by atoms with Gasteiger partial charge in [0.25, 0.3) is 0 Å². The summed E-state index contributed by atoms with van der Waals surface area (Å²) in [7, 11) is 0. The van der Waals surface area contributed by atoms with Gasteiger partial charge in [-0.3, -0.25) is 9.89 Å². The zero-order chi connectivity index (χ0) is 18.5. The van der Waals surface area contributed by atoms with Gasteiger partial charge >= 0.3 is 0 Å². The lowest BCUT2D eigenvalue weighted by Crippen LogP contribution is -2.30. The van der Waals surface area contributed by atoms with Crippen molar-refractivity contribution in [2.75, 3.05) is 0 Å². The first-order valence-electron chi connectivity index (χ1n) is 7.89. The fraction of sp³-hybridized carbons (Fsp3) is 0.167. The third kappa shape index (κ3) is 4.42. The Balaban J connectivity index is 1.59. The van der Waals surface area contributed by atoms with E-state index in [4.69, 9.17) is 11.6 Å². The Labute approximate surface area is 159 Å². The van der Waals surface area contributed by atoms with Crippen LogP contribution in [0.25, 0.3) is 11.4 Å². The first-order chi connectivity index (χ1) is 12.5. The van der Waals surface area contributed by atoms with Crippen LogP contribution in [0.2, 0.25) is 5.02 Å². The number of hydrogen-bond donors (Lipinski definition) is 2. The molecule has 8 heteroatoms. The quantitative estimate of drug-likeness (QED) is 0.622. The second-order valence-corrected chi connectivity index (χ2v) is 7.23. The van der Waals surface area contributed by atoms with E-state index in [9.17, 15) is 9.18 Å². The van der Waals surface area contributed by atoms with Crippen molar-refractivity contribution >= 4 is 29.3 Å². The Morgan fingerprint density at radius 1 is 1.27 bits per heavy atom. The number of carbonyl (C=O) groups is 1. The van der Waals surface area contributed by atoms with Crippen LogP contribution in [0.1, 0.15) is 12.5 Å². The van der Waals surface area contributed by atoms with Gasteiger partial charge in [-0.15, -0.1) is 5.10 Å². The van der Waals surface area contributed by atoms with E-state index in [0.717, 1.165) is 5.56 Å². The average Bonchev–Trinajstić information content (AvgIpc) is 3.09. The van der Waals surface area contributed by atoms with Crippen LogP contribution in [0.4, 0.5) is 4.39 Å². The lowest BCUT2D eigenvalue weighted by molar-refractivity contribution is -0.120. The predicted octanol–water partition coefficient (Wildman–Crippen LogP) is 4.06. The minimum atomic E-state index is -0.415. The molecule has 5 nitrogen and oxygen atoms in total. The van der Waals surface area contributed by atoms with Crippen molar-refractivity contribution in [2.24, 2.45) is 0 Å². The van der Waals surface area contributed by atoms with Crippen molar-refractivity contribution in [2.45, 2.75) is 23.9 Å². The summed E-state index contributed by atoms with van der Waals surface area (Å²) in [6.45, 7) is 2.10. The number of carbonyl (C=O) groups excluding carboxylic acids is 1. The molecule has 0 aliphatic heterocycles. The van der Waals surface area contributed by atoms with Gasteiger partial charge in [0.2, 0.25) is 11.1 Å². The van der Waals surface area contributed by atoms with Crippen LogP contribution in [0, 0.1) is 5.82 Å². The van der Waals surface area contributed by atoms with Gasteiger partial charge in [0.05, 0.1) is 10.8 Å². The molecule has 1 heterocycles. The maximum atomic E-state index is 13.8. The van der Waals surface area contributed by atoms with Crippen molar-refractivity contribution in [1.82, 2.24) is 20.5 Å². The minimum absolute atomic E-state index is 0.160. The summed E-state index contributed by atoms with van der Waals surface area (Å²) >= 11 is 7.27. The molecule has 3 rings (SSSR count). The third-order valence-corrected chi connectivity index (χ3v) is 4.99. The summed E-state index contributed by atoms with van der Waals surface area (Å²) < 4.78 is 13.8. The molecular weight excluding hydrogens is 375 g/mol. The summed E-state index contributed by atoms with van der Waals surface area (Å²) in [5.41, 5.74) is 1.18. The highest BCUT2D eigenvalue weighted by atomic mass is 35.5. The number of rotatable bonds is 6. The topological polar surface area (TPSA) is 70.7 Å². The maximum Gasteiger partial charge on any atom is 0.233 e. The smallest absolute Gasteiger partial charge is 0.233 e. The van der Waals surface area contributed by atoms with Crippen molar-refractivity contribution in [3.8, 4) is 11.4 Å². The Morgan fingerprint density at radius 2 is 2.00 bits per heavy atom. The zero-order valence-corrected chi connectivity index (χ0v) is 15.4. The number of aromatic nitrogens is 3. The van der Waals surface area contributed by atoms with Crippen LogP contribution in [0.3, 0.4) is 0 Å². The molecule has 0 bridgehead atoms. The number of hydrogen-bond acceptors (Lipinski definition) is 4. The predicted molar refractivity (Wildman–Crippen MR) is 100 cm³/mol. The Bertz CT molecular complexity index is 917. The van der Waals surface area contributed by atoms with Gasteiger partial charge in [-0.25, -0.2) is 9.37 Å². The van der Waals surface area contributed by atoms with E-state index < -0.39 is 5.25 Å². The second kappa shape index (κ2) is 8.33. The van der Waals surface area contributed by atoms with E-state index in [-0.39, 0.29) is 11.7 Å². The highest BCUT2D eigenvalue weighted by Crippen LogP contribution is 2.24. The number of thioether (sulfide) groups is 1.